The maximum absolute atomic E-state index is 11.2. The smallest absolute Gasteiger partial charge is 0.333 e. The largest absolute Gasteiger partial charge is 0.393 e. The average Bonchev–Trinajstić information content (AvgIpc) is 2.36. The SMILES string of the molecule is C=CCN(CC=C)c1nc(P(=O)(O)O)nc(P(=O)(O)O)n1. The van der Waals surface area contributed by atoms with E-state index < -0.39 is 26.3 Å². The average molecular weight is 336 g/mol. The fourth-order valence-corrected chi connectivity index (χ4v) is 2.26. The summed E-state index contributed by atoms with van der Waals surface area (Å²) in [4.78, 5) is 48.0. The molecule has 0 aromatic carbocycles. The van der Waals surface area contributed by atoms with Crippen molar-refractivity contribution < 1.29 is 28.7 Å². The van der Waals surface area contributed by atoms with Crippen LogP contribution >= 0.6 is 15.2 Å². The molecule has 0 saturated heterocycles. The summed E-state index contributed by atoms with van der Waals surface area (Å²) in [5.74, 6) is -0.290. The minimum atomic E-state index is -4.90. The van der Waals surface area contributed by atoms with Gasteiger partial charge in [-0.05, 0) is 0 Å². The van der Waals surface area contributed by atoms with E-state index in [1.807, 2.05) is 0 Å². The summed E-state index contributed by atoms with van der Waals surface area (Å²) >= 11 is 0. The molecule has 0 aliphatic carbocycles. The Kier molecular flexibility index (Phi) is 5.52. The number of rotatable bonds is 7. The van der Waals surface area contributed by atoms with E-state index in [0.717, 1.165) is 0 Å². The van der Waals surface area contributed by atoms with Crippen molar-refractivity contribution in [1.29, 1.82) is 0 Å². The second-order valence-corrected chi connectivity index (χ2v) is 6.78. The first-order chi connectivity index (χ1) is 9.59. The molecule has 0 spiro atoms. The van der Waals surface area contributed by atoms with E-state index in [0.29, 0.717) is 0 Å². The molecule has 1 aromatic heterocycles. The molecule has 0 amide bonds. The Labute approximate surface area is 120 Å². The molecule has 0 bridgehead atoms. The number of hydrogen-bond donors (Lipinski definition) is 4. The third-order valence-corrected chi connectivity index (χ3v) is 3.55. The van der Waals surface area contributed by atoms with Gasteiger partial charge in [0.15, 0.2) is 0 Å². The first-order valence-electron chi connectivity index (χ1n) is 5.44. The van der Waals surface area contributed by atoms with Crippen LogP contribution in [0.2, 0.25) is 0 Å². The lowest BCUT2D eigenvalue weighted by Crippen LogP contribution is -2.34. The van der Waals surface area contributed by atoms with E-state index in [2.05, 4.69) is 28.1 Å². The Morgan fingerprint density at radius 3 is 1.57 bits per heavy atom. The monoisotopic (exact) mass is 336 g/mol. The van der Waals surface area contributed by atoms with Crippen LogP contribution in [0.3, 0.4) is 0 Å². The zero-order valence-corrected chi connectivity index (χ0v) is 12.6. The second-order valence-electron chi connectivity index (χ2n) is 3.81. The lowest BCUT2D eigenvalue weighted by molar-refractivity contribution is 0.384. The number of nitrogens with zero attached hydrogens (tertiary/aromatic N) is 4. The van der Waals surface area contributed by atoms with Gasteiger partial charge in [0.25, 0.3) is 0 Å². The molecule has 0 aliphatic rings. The molecule has 0 atom stereocenters. The Morgan fingerprint density at radius 1 is 0.905 bits per heavy atom. The van der Waals surface area contributed by atoms with Gasteiger partial charge in [-0.1, -0.05) is 12.2 Å². The Hall–Kier alpha value is -1.41. The van der Waals surface area contributed by atoms with Gasteiger partial charge in [-0.3, -0.25) is 9.13 Å². The predicted molar refractivity (Wildman–Crippen MR) is 75.8 cm³/mol. The van der Waals surface area contributed by atoms with Crippen LogP contribution in [0.4, 0.5) is 5.95 Å². The molecule has 0 unspecified atom stereocenters. The number of anilines is 1. The molecule has 0 radical (unpaired) electrons. The highest BCUT2D eigenvalue weighted by molar-refractivity contribution is 7.61. The number of hydrogen-bond acceptors (Lipinski definition) is 6. The summed E-state index contributed by atoms with van der Waals surface area (Å²) in [5, 5.41) is 0. The van der Waals surface area contributed by atoms with Gasteiger partial charge < -0.3 is 24.5 Å². The minimum Gasteiger partial charge on any atom is -0.333 e. The molecule has 0 aliphatic heterocycles. The van der Waals surface area contributed by atoms with Gasteiger partial charge in [-0.15, -0.1) is 13.2 Å². The van der Waals surface area contributed by atoms with Crippen molar-refractivity contribution >= 4 is 32.3 Å². The molecule has 1 heterocycles. The second kappa shape index (κ2) is 6.57. The van der Waals surface area contributed by atoms with Gasteiger partial charge in [0.1, 0.15) is 0 Å². The van der Waals surface area contributed by atoms with Gasteiger partial charge in [-0.25, -0.2) is 0 Å². The maximum Gasteiger partial charge on any atom is 0.393 e. The third-order valence-electron chi connectivity index (χ3n) is 2.10. The summed E-state index contributed by atoms with van der Waals surface area (Å²) in [5.41, 5.74) is -2.02. The standard InChI is InChI=1S/C9H14N4O6P2/c1-3-5-13(6-4-2)7-10-8(20(14,15)16)12-9(11-7)21(17,18)19/h3-4H,1-2,5-6H2,(H2,14,15,16)(H2,17,18,19). The van der Waals surface area contributed by atoms with Gasteiger partial charge in [0.05, 0.1) is 0 Å². The fourth-order valence-electron chi connectivity index (χ4n) is 1.29. The first kappa shape index (κ1) is 17.6. The molecular formula is C9H14N4O6P2. The fraction of sp³-hybridized carbons (Fsp3) is 0.222. The molecule has 1 aromatic rings. The van der Waals surface area contributed by atoms with E-state index in [9.17, 15) is 9.13 Å². The first-order valence-corrected chi connectivity index (χ1v) is 8.67. The quantitative estimate of drug-likeness (QED) is 0.347. The highest BCUT2D eigenvalue weighted by atomic mass is 31.2. The van der Waals surface area contributed by atoms with Gasteiger partial charge in [0.2, 0.25) is 17.1 Å². The van der Waals surface area contributed by atoms with Crippen molar-refractivity contribution in [3.8, 4) is 0 Å². The molecule has 0 saturated carbocycles. The van der Waals surface area contributed by atoms with Gasteiger partial charge >= 0.3 is 15.2 Å². The van der Waals surface area contributed by atoms with Crippen molar-refractivity contribution in [1.82, 2.24) is 15.0 Å². The molecule has 1 rings (SSSR count). The Morgan fingerprint density at radius 2 is 1.29 bits per heavy atom. The zero-order chi connectivity index (χ0) is 16.3. The van der Waals surface area contributed by atoms with Crippen molar-refractivity contribution in [3.05, 3.63) is 25.3 Å². The maximum atomic E-state index is 11.2. The van der Waals surface area contributed by atoms with Crippen molar-refractivity contribution in [3.63, 3.8) is 0 Å². The predicted octanol–water partition coefficient (Wildman–Crippen LogP) is -1.34. The van der Waals surface area contributed by atoms with Crippen LogP contribution in [0.1, 0.15) is 0 Å². The summed E-state index contributed by atoms with van der Waals surface area (Å²) in [6, 6.07) is 0. The van der Waals surface area contributed by atoms with E-state index in [-0.39, 0.29) is 19.0 Å². The van der Waals surface area contributed by atoms with Crippen LogP contribution in [0.5, 0.6) is 0 Å². The van der Waals surface area contributed by atoms with Crippen LogP contribution in [0.25, 0.3) is 0 Å². The molecule has 10 nitrogen and oxygen atoms in total. The van der Waals surface area contributed by atoms with Crippen LogP contribution in [0.15, 0.2) is 25.3 Å². The van der Waals surface area contributed by atoms with Crippen molar-refractivity contribution in [2.45, 2.75) is 0 Å². The third kappa shape index (κ3) is 4.82. The lowest BCUT2D eigenvalue weighted by Gasteiger charge is -2.20. The van der Waals surface area contributed by atoms with E-state index >= 15 is 0 Å². The molecule has 4 N–H and O–H groups in total. The highest BCUT2D eigenvalue weighted by Crippen LogP contribution is 2.34. The molecular weight excluding hydrogens is 322 g/mol. The van der Waals surface area contributed by atoms with Gasteiger partial charge in [0, 0.05) is 13.1 Å². The summed E-state index contributed by atoms with van der Waals surface area (Å²) in [6.45, 7) is 7.35. The Bertz CT molecular complexity index is 589. The summed E-state index contributed by atoms with van der Waals surface area (Å²) in [7, 11) is -9.81. The van der Waals surface area contributed by atoms with Crippen molar-refractivity contribution in [2.75, 3.05) is 18.0 Å². The molecule has 0 fully saturated rings. The van der Waals surface area contributed by atoms with Crippen molar-refractivity contribution in [2.24, 2.45) is 0 Å². The molecule has 116 valence electrons. The topological polar surface area (TPSA) is 157 Å². The van der Waals surface area contributed by atoms with E-state index in [1.54, 1.807) is 0 Å². The van der Waals surface area contributed by atoms with Crippen LogP contribution in [0, 0.1) is 0 Å². The normalized spacial score (nSPS) is 12.0. The van der Waals surface area contributed by atoms with E-state index in [1.165, 1.54) is 17.1 Å². The van der Waals surface area contributed by atoms with Crippen LogP contribution in [-0.4, -0.2) is 47.6 Å². The molecule has 21 heavy (non-hydrogen) atoms. The Balaban J connectivity index is 3.50. The number of aromatic nitrogens is 3. The van der Waals surface area contributed by atoms with E-state index in [4.69, 9.17) is 19.6 Å². The molecule has 12 heteroatoms. The van der Waals surface area contributed by atoms with Crippen LogP contribution in [-0.2, 0) is 9.13 Å². The van der Waals surface area contributed by atoms with Gasteiger partial charge in [-0.2, -0.15) is 15.0 Å². The highest BCUT2D eigenvalue weighted by Gasteiger charge is 2.30. The summed E-state index contributed by atoms with van der Waals surface area (Å²) in [6.07, 6.45) is 2.92. The van der Waals surface area contributed by atoms with Crippen LogP contribution < -0.4 is 16.0 Å². The lowest BCUT2D eigenvalue weighted by atomic mass is 10.5. The minimum absolute atomic E-state index is 0.178. The summed E-state index contributed by atoms with van der Waals surface area (Å²) < 4.78 is 22.5. The zero-order valence-electron chi connectivity index (χ0n) is 10.8.